The van der Waals surface area contributed by atoms with Gasteiger partial charge in [-0.05, 0) is 85.6 Å². The van der Waals surface area contributed by atoms with Gasteiger partial charge >= 0.3 is 0 Å². The summed E-state index contributed by atoms with van der Waals surface area (Å²) in [6.07, 6.45) is 9.17. The zero-order valence-corrected chi connectivity index (χ0v) is 30.4. The highest BCUT2D eigenvalue weighted by Crippen LogP contribution is 2.61. The number of likely N-dealkylation sites (N-methyl/N-ethyl adjacent to an activating group) is 1. The Morgan fingerprint density at radius 3 is 2.56 bits per heavy atom. The Balaban J connectivity index is 1.51. The Hall–Kier alpha value is -4.21. The molecule has 6 atom stereocenters. The molecule has 11 nitrogen and oxygen atoms in total. The Morgan fingerprint density at radius 1 is 1.13 bits per heavy atom. The number of fused-ring (bicyclic) bond motifs is 2. The van der Waals surface area contributed by atoms with Gasteiger partial charge in [0.1, 0.15) is 31.3 Å². The van der Waals surface area contributed by atoms with Crippen molar-refractivity contribution < 1.29 is 34.1 Å². The van der Waals surface area contributed by atoms with Gasteiger partial charge in [0.2, 0.25) is 5.79 Å². The smallest absolute Gasteiger partial charge is 0.254 e. The summed E-state index contributed by atoms with van der Waals surface area (Å²) in [5.74, 6) is -0.334. The molecule has 6 rings (SSSR count). The van der Waals surface area contributed by atoms with Crippen molar-refractivity contribution in [1.29, 1.82) is 5.26 Å². The number of nitrogens with zero attached hydrogens (tertiary/aromatic N) is 4. The average Bonchev–Trinajstić information content (AvgIpc) is 4.00. The monoisotopic (exact) mass is 712 g/mol. The lowest BCUT2D eigenvalue weighted by Crippen LogP contribution is -2.69. The van der Waals surface area contributed by atoms with E-state index >= 15 is 0 Å². The molecule has 1 saturated heterocycles. The number of aliphatic hydroxyl groups excluding tert-OH is 2. The molecule has 2 fully saturated rings. The van der Waals surface area contributed by atoms with Crippen LogP contribution >= 0.6 is 0 Å². The van der Waals surface area contributed by atoms with E-state index in [-0.39, 0.29) is 49.4 Å². The topological polar surface area (TPSA) is 137 Å². The molecule has 52 heavy (non-hydrogen) atoms. The largest absolute Gasteiger partial charge is 0.492 e. The van der Waals surface area contributed by atoms with Crippen molar-refractivity contribution in [2.75, 3.05) is 60.2 Å². The van der Waals surface area contributed by atoms with Crippen LogP contribution in [0.1, 0.15) is 72.3 Å². The maximum atomic E-state index is 14.3. The quantitative estimate of drug-likeness (QED) is 0.0915. The number of hydrogen-bond donors (Lipinski definition) is 2. The van der Waals surface area contributed by atoms with Crippen LogP contribution in [0.3, 0.4) is 0 Å². The maximum Gasteiger partial charge on any atom is 0.254 e. The van der Waals surface area contributed by atoms with Gasteiger partial charge in [-0.25, -0.2) is 0 Å². The Bertz CT molecular complexity index is 1670. The maximum absolute atomic E-state index is 14.3. The van der Waals surface area contributed by atoms with Gasteiger partial charge in [-0.1, -0.05) is 30.1 Å². The fraction of sp³-hybridized carbons (Fsp3) is 0.537. The second kappa shape index (κ2) is 17.1. The molecule has 0 spiro atoms. The van der Waals surface area contributed by atoms with E-state index in [1.807, 2.05) is 12.1 Å². The number of nitriles is 1. The average molecular weight is 713 g/mol. The van der Waals surface area contributed by atoms with Gasteiger partial charge in [0.15, 0.2) is 0 Å². The third-order valence-electron chi connectivity index (χ3n) is 11.1. The summed E-state index contributed by atoms with van der Waals surface area (Å²) in [7, 11) is 3.30. The van der Waals surface area contributed by atoms with Gasteiger partial charge < -0.3 is 34.2 Å². The molecule has 0 radical (unpaired) electrons. The molecule has 1 saturated carbocycles. The van der Waals surface area contributed by atoms with E-state index < -0.39 is 11.8 Å². The van der Waals surface area contributed by atoms with Crippen LogP contribution < -0.4 is 9.47 Å². The van der Waals surface area contributed by atoms with E-state index in [1.54, 1.807) is 42.3 Å². The highest BCUT2D eigenvalue weighted by molar-refractivity contribution is 6.03. The standard InChI is InChI=1S/C41H52N4O7/c1-4-22-51-41-37(44(2)40(48)29-13-11-28(27-42)12-14-29)26-35(43-49-3)33-24-30(9-5-7-20-46)32(10-6-8-21-47)38(39(33)41)34-25-31(15-16-36(34)52-41)50-23-19-45-17-18-45/h4,11-16,24-25,30,32,37-39,46-47H,1,5-10,17-23,26H2,2-3H3. The molecule has 1 amide bonds. The highest BCUT2D eigenvalue weighted by Gasteiger charge is 2.65. The van der Waals surface area contributed by atoms with E-state index in [2.05, 4.69) is 34.8 Å². The van der Waals surface area contributed by atoms with Gasteiger partial charge in [-0.15, -0.1) is 6.58 Å². The van der Waals surface area contributed by atoms with Crippen LogP contribution in [0.5, 0.6) is 11.5 Å². The molecule has 2 heterocycles. The predicted molar refractivity (Wildman–Crippen MR) is 197 cm³/mol. The third-order valence-corrected chi connectivity index (χ3v) is 11.1. The molecule has 2 N–H and O–H groups in total. The van der Waals surface area contributed by atoms with E-state index in [9.17, 15) is 20.3 Å². The lowest BCUT2D eigenvalue weighted by atomic mass is 9.55. The summed E-state index contributed by atoms with van der Waals surface area (Å²) >= 11 is 0. The van der Waals surface area contributed by atoms with Gasteiger partial charge in [-0.3, -0.25) is 9.69 Å². The summed E-state index contributed by atoms with van der Waals surface area (Å²) < 4.78 is 20.4. The first-order chi connectivity index (χ1) is 25.4. The first kappa shape index (κ1) is 37.5. The van der Waals surface area contributed by atoms with Crippen LogP contribution in [0.2, 0.25) is 0 Å². The number of hydrogen-bond acceptors (Lipinski definition) is 10. The second-order valence-electron chi connectivity index (χ2n) is 14.3. The first-order valence-corrected chi connectivity index (χ1v) is 18.6. The van der Waals surface area contributed by atoms with Crippen LogP contribution in [0.25, 0.3) is 0 Å². The van der Waals surface area contributed by atoms with Crippen molar-refractivity contribution in [3.05, 3.63) is 83.5 Å². The summed E-state index contributed by atoms with van der Waals surface area (Å²) in [5, 5.41) is 33.5. The van der Waals surface area contributed by atoms with Crippen molar-refractivity contribution in [3.63, 3.8) is 0 Å². The number of aliphatic hydroxyl groups is 2. The number of carbonyl (C=O) groups excluding carboxylic acids is 1. The van der Waals surface area contributed by atoms with E-state index in [4.69, 9.17) is 19.0 Å². The molecule has 11 heteroatoms. The zero-order valence-electron chi connectivity index (χ0n) is 30.4. The Kier molecular flexibility index (Phi) is 12.3. The van der Waals surface area contributed by atoms with Crippen molar-refractivity contribution >= 4 is 11.6 Å². The molecule has 278 valence electrons. The molecule has 6 unspecified atom stereocenters. The number of amides is 1. The number of unbranched alkanes of at least 4 members (excludes halogenated alkanes) is 2. The van der Waals surface area contributed by atoms with Crippen molar-refractivity contribution in [3.8, 4) is 17.6 Å². The van der Waals surface area contributed by atoms with Crippen LogP contribution in [0.15, 0.2) is 71.9 Å². The van der Waals surface area contributed by atoms with E-state index in [1.165, 1.54) is 7.11 Å². The Morgan fingerprint density at radius 2 is 1.88 bits per heavy atom. The summed E-state index contributed by atoms with van der Waals surface area (Å²) in [6.45, 7) is 8.09. The van der Waals surface area contributed by atoms with Gasteiger partial charge in [0, 0.05) is 63.4 Å². The third kappa shape index (κ3) is 7.76. The van der Waals surface area contributed by atoms with Gasteiger partial charge in [0.05, 0.1) is 29.9 Å². The first-order valence-electron chi connectivity index (χ1n) is 18.6. The van der Waals surface area contributed by atoms with Crippen molar-refractivity contribution in [2.24, 2.45) is 22.9 Å². The zero-order chi connectivity index (χ0) is 36.7. The second-order valence-corrected chi connectivity index (χ2v) is 14.3. The minimum atomic E-state index is -1.33. The number of ether oxygens (including phenoxy) is 3. The fourth-order valence-electron chi connectivity index (χ4n) is 8.55. The van der Waals surface area contributed by atoms with Crippen LogP contribution in [-0.2, 0) is 9.57 Å². The van der Waals surface area contributed by atoms with Crippen LogP contribution in [0.4, 0.5) is 0 Å². The highest BCUT2D eigenvalue weighted by atomic mass is 16.7. The molecular weight excluding hydrogens is 660 g/mol. The molecule has 2 aliphatic carbocycles. The summed E-state index contributed by atoms with van der Waals surface area (Å²) in [5.41, 5.74) is 3.66. The molecule has 0 bridgehead atoms. The molecule has 2 aromatic carbocycles. The number of benzene rings is 2. The fourth-order valence-corrected chi connectivity index (χ4v) is 8.55. The lowest BCUT2D eigenvalue weighted by Gasteiger charge is -2.59. The summed E-state index contributed by atoms with van der Waals surface area (Å²) in [6, 6.07) is 14.2. The number of oxime groups is 1. The lowest BCUT2D eigenvalue weighted by molar-refractivity contribution is -0.252. The minimum absolute atomic E-state index is 0.118. The predicted octanol–water partition coefficient (Wildman–Crippen LogP) is 5.29. The van der Waals surface area contributed by atoms with Crippen molar-refractivity contribution in [2.45, 2.75) is 62.7 Å². The van der Waals surface area contributed by atoms with Crippen LogP contribution in [0, 0.1) is 29.1 Å². The van der Waals surface area contributed by atoms with Crippen LogP contribution in [-0.4, -0.2) is 104 Å². The molecule has 2 aromatic rings. The van der Waals surface area contributed by atoms with E-state index in [0.717, 1.165) is 67.9 Å². The van der Waals surface area contributed by atoms with Crippen molar-refractivity contribution in [1.82, 2.24) is 9.80 Å². The molecule has 4 aliphatic rings. The summed E-state index contributed by atoms with van der Waals surface area (Å²) in [4.78, 5) is 23.8. The normalized spacial score (nSPS) is 26.6. The van der Waals surface area contributed by atoms with Gasteiger partial charge in [-0.2, -0.15) is 5.26 Å². The molecular formula is C41H52N4O7. The van der Waals surface area contributed by atoms with E-state index in [0.29, 0.717) is 42.7 Å². The SMILES string of the molecule is C=CCOC12Oc3ccc(OCCN4CC4)cc3C3C(CCCCO)C(CCCCO)C=C(C(=NOC)CC1N(C)C(=O)c1ccc(C#N)cc1)C32. The number of carbonyl (C=O) groups is 1. The number of rotatable bonds is 18. The Labute approximate surface area is 307 Å². The molecule has 2 aliphatic heterocycles. The number of allylic oxidation sites excluding steroid dienone is 1. The minimum Gasteiger partial charge on any atom is -0.492 e. The van der Waals surface area contributed by atoms with Gasteiger partial charge in [0.25, 0.3) is 5.91 Å². The molecule has 0 aromatic heterocycles.